The molecule has 0 spiro atoms. The third kappa shape index (κ3) is 6.21. The number of hydrogen-bond donors (Lipinski definition) is 0. The summed E-state index contributed by atoms with van der Waals surface area (Å²) in [6, 6.07) is 14.5. The van der Waals surface area contributed by atoms with Crippen LogP contribution in [0.3, 0.4) is 0 Å². The summed E-state index contributed by atoms with van der Waals surface area (Å²) in [5.41, 5.74) is 1.18. The second-order valence-corrected chi connectivity index (χ2v) is 10.4. The number of benzene rings is 2. The molecule has 1 aliphatic heterocycles. The van der Waals surface area contributed by atoms with Crippen LogP contribution in [0.1, 0.15) is 26.8 Å². The minimum atomic E-state index is -0.771. The molecule has 5 atom stereocenters. The van der Waals surface area contributed by atoms with E-state index in [9.17, 15) is 9.59 Å². The molecule has 11 heteroatoms. The van der Waals surface area contributed by atoms with Crippen LogP contribution in [0.4, 0.5) is 0 Å². The SMILES string of the molecule is CC(=O)OCC1O[C@H](Sc2ccc(Cl)c(Cl)c2)[C@@H](C)C(n2cc(-c3ccccc3)nn2)[C@H]1OC(C)=O. The molecule has 8 nitrogen and oxygen atoms in total. The van der Waals surface area contributed by atoms with Crippen molar-refractivity contribution in [3.63, 3.8) is 0 Å². The smallest absolute Gasteiger partial charge is 0.303 e. The van der Waals surface area contributed by atoms with Gasteiger partial charge in [0.2, 0.25) is 0 Å². The Morgan fingerprint density at radius 2 is 1.83 bits per heavy atom. The lowest BCUT2D eigenvalue weighted by Crippen LogP contribution is -2.53. The molecule has 0 N–H and O–H groups in total. The van der Waals surface area contributed by atoms with Crippen LogP contribution in [-0.4, -0.2) is 51.2 Å². The van der Waals surface area contributed by atoms with Gasteiger partial charge in [0.1, 0.15) is 23.8 Å². The van der Waals surface area contributed by atoms with Crippen molar-refractivity contribution >= 4 is 46.9 Å². The van der Waals surface area contributed by atoms with Crippen molar-refractivity contribution in [2.75, 3.05) is 6.61 Å². The van der Waals surface area contributed by atoms with Gasteiger partial charge in [-0.25, -0.2) is 4.68 Å². The fourth-order valence-electron chi connectivity index (χ4n) is 4.10. The fraction of sp³-hybridized carbons (Fsp3) is 0.360. The van der Waals surface area contributed by atoms with Crippen LogP contribution in [0.25, 0.3) is 11.3 Å². The predicted molar refractivity (Wildman–Crippen MR) is 137 cm³/mol. The zero-order valence-corrected chi connectivity index (χ0v) is 22.2. The fourth-order valence-corrected chi connectivity index (χ4v) is 5.64. The van der Waals surface area contributed by atoms with E-state index in [-0.39, 0.29) is 12.5 Å². The van der Waals surface area contributed by atoms with Crippen molar-refractivity contribution in [2.45, 2.75) is 49.4 Å². The molecule has 0 saturated carbocycles. The maximum atomic E-state index is 12.1. The molecule has 190 valence electrons. The summed E-state index contributed by atoms with van der Waals surface area (Å²) >= 11 is 13.8. The van der Waals surface area contributed by atoms with E-state index in [1.54, 1.807) is 16.8 Å². The number of carbonyl (C=O) groups excluding carboxylic acids is 2. The molecule has 1 saturated heterocycles. The molecule has 4 rings (SSSR count). The van der Waals surface area contributed by atoms with E-state index in [1.165, 1.54) is 25.6 Å². The highest BCUT2D eigenvalue weighted by Gasteiger charge is 2.48. The Morgan fingerprint density at radius 1 is 1.08 bits per heavy atom. The largest absolute Gasteiger partial charge is 0.463 e. The van der Waals surface area contributed by atoms with E-state index in [0.717, 1.165) is 10.5 Å². The first-order chi connectivity index (χ1) is 17.2. The molecular weight excluding hydrogens is 525 g/mol. The quantitative estimate of drug-likeness (QED) is 0.359. The highest BCUT2D eigenvalue weighted by atomic mass is 35.5. The zero-order chi connectivity index (χ0) is 25.8. The first-order valence-corrected chi connectivity index (χ1v) is 12.9. The molecule has 2 unspecified atom stereocenters. The summed E-state index contributed by atoms with van der Waals surface area (Å²) in [5.74, 6) is -1.14. The van der Waals surface area contributed by atoms with Crippen molar-refractivity contribution in [1.29, 1.82) is 0 Å². The highest BCUT2D eigenvalue weighted by molar-refractivity contribution is 7.99. The third-order valence-electron chi connectivity index (χ3n) is 5.76. The topological polar surface area (TPSA) is 92.5 Å². The lowest BCUT2D eigenvalue weighted by Gasteiger charge is -2.44. The van der Waals surface area contributed by atoms with Gasteiger partial charge in [0.25, 0.3) is 0 Å². The number of halogens is 2. The summed E-state index contributed by atoms with van der Waals surface area (Å²) in [5, 5.41) is 9.62. The van der Waals surface area contributed by atoms with Crippen LogP contribution in [-0.2, 0) is 23.8 Å². The number of esters is 2. The molecule has 0 radical (unpaired) electrons. The molecule has 2 heterocycles. The maximum absolute atomic E-state index is 12.1. The van der Waals surface area contributed by atoms with Crippen molar-refractivity contribution < 1.29 is 23.8 Å². The Morgan fingerprint density at radius 3 is 2.50 bits per heavy atom. The van der Waals surface area contributed by atoms with Gasteiger partial charge in [-0.05, 0) is 18.2 Å². The second kappa shape index (κ2) is 11.6. The summed E-state index contributed by atoms with van der Waals surface area (Å²) in [4.78, 5) is 24.5. The lowest BCUT2D eigenvalue weighted by molar-refractivity contribution is -0.191. The average Bonchev–Trinajstić information content (AvgIpc) is 3.32. The van der Waals surface area contributed by atoms with Gasteiger partial charge in [0.05, 0.1) is 22.3 Å². The van der Waals surface area contributed by atoms with Crippen LogP contribution in [0.5, 0.6) is 0 Å². The molecule has 0 bridgehead atoms. The van der Waals surface area contributed by atoms with Crippen LogP contribution in [0, 0.1) is 5.92 Å². The monoisotopic (exact) mass is 549 g/mol. The maximum Gasteiger partial charge on any atom is 0.303 e. The normalized spacial score (nSPS) is 23.8. The first kappa shape index (κ1) is 26.5. The lowest BCUT2D eigenvalue weighted by atomic mass is 9.90. The van der Waals surface area contributed by atoms with Crippen LogP contribution in [0.2, 0.25) is 10.0 Å². The number of ether oxygens (including phenoxy) is 3. The first-order valence-electron chi connectivity index (χ1n) is 11.3. The van der Waals surface area contributed by atoms with E-state index in [2.05, 4.69) is 10.3 Å². The predicted octanol–water partition coefficient (Wildman–Crippen LogP) is 5.44. The molecule has 1 fully saturated rings. The van der Waals surface area contributed by atoms with E-state index < -0.39 is 35.6 Å². The van der Waals surface area contributed by atoms with Crippen LogP contribution >= 0.6 is 35.0 Å². The second-order valence-electron chi connectivity index (χ2n) is 8.41. The number of nitrogens with zero attached hydrogens (tertiary/aromatic N) is 3. The number of aromatic nitrogens is 3. The molecule has 3 aromatic rings. The molecule has 36 heavy (non-hydrogen) atoms. The van der Waals surface area contributed by atoms with Gasteiger partial charge in [0, 0.05) is 30.2 Å². The summed E-state index contributed by atoms with van der Waals surface area (Å²) in [6.07, 6.45) is 0.318. The van der Waals surface area contributed by atoms with Gasteiger partial charge in [-0.1, -0.05) is 77.4 Å². The molecule has 1 aliphatic rings. The minimum absolute atomic E-state index is 0.0881. The van der Waals surface area contributed by atoms with Crippen molar-refractivity contribution in [2.24, 2.45) is 5.92 Å². The van der Waals surface area contributed by atoms with E-state index in [4.69, 9.17) is 37.4 Å². The summed E-state index contributed by atoms with van der Waals surface area (Å²) in [7, 11) is 0. The number of hydrogen-bond acceptors (Lipinski definition) is 8. The molecular formula is C25H25Cl2N3O5S. The number of rotatable bonds is 7. The molecule has 0 amide bonds. The number of thioether (sulfide) groups is 1. The van der Waals surface area contributed by atoms with Crippen molar-refractivity contribution in [3.8, 4) is 11.3 Å². The molecule has 0 aliphatic carbocycles. The Bertz CT molecular complexity index is 1230. The Hall–Kier alpha value is -2.59. The van der Waals surface area contributed by atoms with Crippen molar-refractivity contribution in [3.05, 3.63) is 64.8 Å². The zero-order valence-electron chi connectivity index (χ0n) is 19.8. The van der Waals surface area contributed by atoms with Gasteiger partial charge >= 0.3 is 11.9 Å². The Balaban J connectivity index is 1.70. The summed E-state index contributed by atoms with van der Waals surface area (Å²) in [6.45, 7) is 4.55. The summed E-state index contributed by atoms with van der Waals surface area (Å²) < 4.78 is 19.1. The van der Waals surface area contributed by atoms with Gasteiger partial charge in [-0.2, -0.15) is 0 Å². The minimum Gasteiger partial charge on any atom is -0.463 e. The third-order valence-corrected chi connectivity index (χ3v) is 7.80. The standard InChI is InChI=1S/C25H25Cl2N3O5S/c1-14-23(30-12-21(28-29-30)17-7-5-4-6-8-17)24(34-16(3)32)22(13-33-15(2)31)35-25(14)36-18-9-10-19(26)20(27)11-18/h4-12,14,22-25H,13H2,1-3H3/t14-,22?,23?,24-,25+/m0/s1. The van der Waals surface area contributed by atoms with Crippen molar-refractivity contribution in [1.82, 2.24) is 15.0 Å². The Labute approximate surface area is 223 Å². The van der Waals surface area contributed by atoms with E-state index >= 15 is 0 Å². The van der Waals surface area contributed by atoms with Gasteiger partial charge in [0.15, 0.2) is 6.10 Å². The van der Waals surface area contributed by atoms with Crippen LogP contribution in [0.15, 0.2) is 59.6 Å². The van der Waals surface area contributed by atoms with Gasteiger partial charge in [-0.3, -0.25) is 9.59 Å². The van der Waals surface area contributed by atoms with Gasteiger partial charge < -0.3 is 14.2 Å². The van der Waals surface area contributed by atoms with Gasteiger partial charge in [-0.15, -0.1) is 5.10 Å². The van der Waals surface area contributed by atoms with E-state index in [1.807, 2.05) is 49.5 Å². The Kier molecular flexibility index (Phi) is 8.56. The molecule has 2 aromatic carbocycles. The average molecular weight is 550 g/mol. The van der Waals surface area contributed by atoms with Crippen LogP contribution < -0.4 is 0 Å². The number of carbonyl (C=O) groups is 2. The highest BCUT2D eigenvalue weighted by Crippen LogP contribution is 2.44. The van der Waals surface area contributed by atoms with E-state index in [0.29, 0.717) is 15.7 Å². The molecule has 1 aromatic heterocycles.